The highest BCUT2D eigenvalue weighted by Gasteiger charge is 2.34. The van der Waals surface area contributed by atoms with E-state index in [1.165, 1.54) is 22.9 Å². The molecule has 3 aromatic rings. The third-order valence-electron chi connectivity index (χ3n) is 5.78. The molecule has 160 valence electrons. The van der Waals surface area contributed by atoms with Gasteiger partial charge in [0.2, 0.25) is 5.91 Å². The van der Waals surface area contributed by atoms with Crippen LogP contribution in [0.15, 0.2) is 53.6 Å². The predicted molar refractivity (Wildman–Crippen MR) is 115 cm³/mol. The Balaban J connectivity index is 1.60. The van der Waals surface area contributed by atoms with Crippen LogP contribution in [0.1, 0.15) is 30.1 Å². The zero-order chi connectivity index (χ0) is 22.0. The normalized spacial score (nSPS) is 15.4. The second kappa shape index (κ2) is 8.29. The van der Waals surface area contributed by atoms with E-state index in [2.05, 4.69) is 15.6 Å². The molecule has 1 fully saturated rings. The number of piperidine rings is 1. The van der Waals surface area contributed by atoms with Crippen molar-refractivity contribution in [2.24, 2.45) is 5.41 Å². The van der Waals surface area contributed by atoms with Crippen LogP contribution < -0.4 is 21.7 Å². The van der Waals surface area contributed by atoms with Crippen LogP contribution in [0.4, 0.5) is 5.69 Å². The molecule has 2 aromatic heterocycles. The van der Waals surface area contributed by atoms with Crippen LogP contribution in [0.3, 0.4) is 0 Å². The molecular weight excluding hydrogens is 398 g/mol. The summed E-state index contributed by atoms with van der Waals surface area (Å²) in [5.74, 6) is -0.353. The summed E-state index contributed by atoms with van der Waals surface area (Å²) in [5, 5.41) is 16.0. The minimum absolute atomic E-state index is 0.0406. The first kappa shape index (κ1) is 20.7. The largest absolute Gasteiger partial charge is 0.324 e. The van der Waals surface area contributed by atoms with Crippen molar-refractivity contribution in [3.05, 3.63) is 64.7 Å². The molecule has 0 radical (unpaired) electrons. The van der Waals surface area contributed by atoms with Crippen molar-refractivity contribution in [2.75, 3.05) is 18.4 Å². The van der Waals surface area contributed by atoms with E-state index < -0.39 is 11.3 Å². The lowest BCUT2D eigenvalue weighted by Crippen LogP contribution is -2.42. The smallest absolute Gasteiger partial charge is 0.274 e. The zero-order valence-corrected chi connectivity index (χ0v) is 17.0. The van der Waals surface area contributed by atoms with Crippen molar-refractivity contribution in [1.82, 2.24) is 20.3 Å². The second-order valence-corrected chi connectivity index (χ2v) is 7.90. The number of carbonyl (C=O) groups excluding carboxylic acids is 2. The molecule has 0 saturated carbocycles. The molecule has 2 amide bonds. The average Bonchev–Trinajstić information content (AvgIpc) is 2.80. The van der Waals surface area contributed by atoms with E-state index in [1.54, 1.807) is 35.9 Å². The number of nitrogens with zero attached hydrogens (tertiary/aromatic N) is 2. The minimum atomic E-state index is -0.697. The fourth-order valence-electron chi connectivity index (χ4n) is 3.72. The Morgan fingerprint density at radius 1 is 1.16 bits per heavy atom. The lowest BCUT2D eigenvalue weighted by molar-refractivity contribution is -0.126. The van der Waals surface area contributed by atoms with Gasteiger partial charge in [-0.05, 0) is 61.6 Å². The number of hydroxylamine groups is 1. The Kier molecular flexibility index (Phi) is 5.53. The number of aromatic nitrogens is 2. The van der Waals surface area contributed by atoms with Gasteiger partial charge in [0.25, 0.3) is 11.5 Å². The molecule has 9 nitrogen and oxygen atoms in total. The quantitative estimate of drug-likeness (QED) is 0.376. The number of carbonyl (C=O) groups is 2. The van der Waals surface area contributed by atoms with Crippen LogP contribution in [0.5, 0.6) is 0 Å². The summed E-state index contributed by atoms with van der Waals surface area (Å²) in [6.07, 6.45) is 4.66. The van der Waals surface area contributed by atoms with Gasteiger partial charge in [0.05, 0.1) is 11.9 Å². The number of fused-ring (bicyclic) bond motifs is 1. The van der Waals surface area contributed by atoms with Crippen LogP contribution in [-0.2, 0) is 4.79 Å². The third kappa shape index (κ3) is 4.05. The summed E-state index contributed by atoms with van der Waals surface area (Å²) >= 11 is 0. The molecule has 31 heavy (non-hydrogen) atoms. The monoisotopic (exact) mass is 421 g/mol. The number of pyridine rings is 2. The maximum Gasteiger partial charge on any atom is 0.274 e. The zero-order valence-electron chi connectivity index (χ0n) is 17.0. The van der Waals surface area contributed by atoms with Gasteiger partial charge in [0, 0.05) is 22.6 Å². The van der Waals surface area contributed by atoms with E-state index in [9.17, 15) is 14.4 Å². The number of hydrogen-bond donors (Lipinski definition) is 4. The van der Waals surface area contributed by atoms with Gasteiger partial charge in [-0.3, -0.25) is 24.2 Å². The molecule has 0 atom stereocenters. The first-order chi connectivity index (χ1) is 14.9. The summed E-state index contributed by atoms with van der Waals surface area (Å²) in [4.78, 5) is 41.6. The highest BCUT2D eigenvalue weighted by Crippen LogP contribution is 2.29. The molecule has 1 aliphatic heterocycles. The van der Waals surface area contributed by atoms with E-state index in [-0.39, 0.29) is 17.0 Å². The average molecular weight is 421 g/mol. The Morgan fingerprint density at radius 3 is 2.61 bits per heavy atom. The van der Waals surface area contributed by atoms with E-state index in [0.29, 0.717) is 22.3 Å². The van der Waals surface area contributed by atoms with Crippen molar-refractivity contribution in [3.8, 4) is 5.82 Å². The molecular formula is C22H23N5O4. The van der Waals surface area contributed by atoms with Crippen LogP contribution in [0.2, 0.25) is 0 Å². The number of rotatable bonds is 4. The molecule has 9 heteroatoms. The van der Waals surface area contributed by atoms with Gasteiger partial charge >= 0.3 is 0 Å². The van der Waals surface area contributed by atoms with Crippen molar-refractivity contribution in [2.45, 2.75) is 19.8 Å². The lowest BCUT2D eigenvalue weighted by Gasteiger charge is -2.32. The molecule has 3 heterocycles. The summed E-state index contributed by atoms with van der Waals surface area (Å²) in [7, 11) is 0. The number of nitrogens with one attached hydrogen (secondary N) is 3. The molecule has 4 rings (SSSR count). The maximum absolute atomic E-state index is 13.0. The van der Waals surface area contributed by atoms with Gasteiger partial charge in [-0.25, -0.2) is 10.5 Å². The summed E-state index contributed by atoms with van der Waals surface area (Å²) in [5.41, 5.74) is 1.52. The van der Waals surface area contributed by atoms with Crippen LogP contribution >= 0.6 is 0 Å². The van der Waals surface area contributed by atoms with E-state index in [0.717, 1.165) is 25.9 Å². The van der Waals surface area contributed by atoms with E-state index >= 15 is 0 Å². The first-order valence-corrected chi connectivity index (χ1v) is 10.00. The van der Waals surface area contributed by atoms with Gasteiger partial charge < -0.3 is 10.6 Å². The van der Waals surface area contributed by atoms with E-state index in [4.69, 9.17) is 5.21 Å². The molecule has 0 spiro atoms. The fraction of sp³-hybridized carbons (Fsp3) is 0.273. The Labute approximate surface area is 178 Å². The topological polar surface area (TPSA) is 125 Å². The molecule has 1 aromatic carbocycles. The molecule has 1 aliphatic rings. The lowest BCUT2D eigenvalue weighted by atomic mass is 9.80. The van der Waals surface area contributed by atoms with E-state index in [1.807, 2.05) is 6.92 Å². The number of anilines is 1. The molecule has 0 aliphatic carbocycles. The fourth-order valence-corrected chi connectivity index (χ4v) is 3.72. The number of hydrogen-bond acceptors (Lipinski definition) is 6. The summed E-state index contributed by atoms with van der Waals surface area (Å²) in [6, 6.07) is 9.69. The summed E-state index contributed by atoms with van der Waals surface area (Å²) < 4.78 is 1.36. The molecule has 1 saturated heterocycles. The van der Waals surface area contributed by atoms with Crippen molar-refractivity contribution < 1.29 is 14.8 Å². The van der Waals surface area contributed by atoms with Gasteiger partial charge in [-0.2, -0.15) is 0 Å². The predicted octanol–water partition coefficient (Wildman–Crippen LogP) is 1.83. The highest BCUT2D eigenvalue weighted by atomic mass is 16.5. The summed E-state index contributed by atoms with van der Waals surface area (Å²) in [6.45, 7) is 3.59. The standard InChI is InChI=1S/C22H23N5O4/c1-22(7-9-23-10-8-22)21(30)25-16-4-5-18(24-13-16)27-11-6-14-2-3-15(19(28)26-31)12-17(14)20(27)29/h2-6,11-13,23,31H,7-10H2,1H3,(H,25,30)(H,26,28). The SMILES string of the molecule is CC1(C(=O)Nc2ccc(-n3ccc4ccc(C(=O)NO)cc4c3=O)nc2)CCNCC1. The molecule has 0 unspecified atom stereocenters. The second-order valence-electron chi connectivity index (χ2n) is 7.90. The Hall–Kier alpha value is -3.56. The van der Waals surface area contributed by atoms with Gasteiger partial charge in [-0.15, -0.1) is 0 Å². The number of amides is 2. The van der Waals surface area contributed by atoms with Gasteiger partial charge in [0.15, 0.2) is 0 Å². The van der Waals surface area contributed by atoms with Crippen LogP contribution in [0, 0.1) is 5.41 Å². The Morgan fingerprint density at radius 2 is 1.94 bits per heavy atom. The maximum atomic E-state index is 13.0. The van der Waals surface area contributed by atoms with Gasteiger partial charge in [0.1, 0.15) is 5.82 Å². The van der Waals surface area contributed by atoms with Crippen LogP contribution in [-0.4, -0.2) is 39.7 Å². The molecule has 4 N–H and O–H groups in total. The molecule has 0 bridgehead atoms. The number of benzene rings is 1. The van der Waals surface area contributed by atoms with Gasteiger partial charge in [-0.1, -0.05) is 13.0 Å². The minimum Gasteiger partial charge on any atom is -0.324 e. The van der Waals surface area contributed by atoms with Crippen molar-refractivity contribution >= 4 is 28.3 Å². The highest BCUT2D eigenvalue weighted by molar-refractivity contribution is 5.98. The van der Waals surface area contributed by atoms with Crippen LogP contribution in [0.25, 0.3) is 16.6 Å². The van der Waals surface area contributed by atoms with Crippen molar-refractivity contribution in [3.63, 3.8) is 0 Å². The first-order valence-electron chi connectivity index (χ1n) is 10.00. The van der Waals surface area contributed by atoms with Crippen molar-refractivity contribution in [1.29, 1.82) is 0 Å². The third-order valence-corrected chi connectivity index (χ3v) is 5.78. The Bertz CT molecular complexity index is 1200.